The molecule has 0 radical (unpaired) electrons. The van der Waals surface area contributed by atoms with Crippen LogP contribution in [0.15, 0.2) is 47.4 Å². The van der Waals surface area contributed by atoms with Crippen molar-refractivity contribution in [2.45, 2.75) is 10.6 Å². The Balaban J connectivity index is 2.47. The summed E-state index contributed by atoms with van der Waals surface area (Å²) in [6.45, 7) is 0. The van der Waals surface area contributed by atoms with E-state index in [1.807, 2.05) is 0 Å². The summed E-state index contributed by atoms with van der Waals surface area (Å²) in [5.41, 5.74) is 5.73. The first kappa shape index (κ1) is 14.3. The van der Waals surface area contributed by atoms with E-state index in [0.717, 1.165) is 0 Å². The normalized spacial score (nSPS) is 11.3. The Morgan fingerprint density at radius 2 is 1.85 bits per heavy atom. The van der Waals surface area contributed by atoms with E-state index in [-0.39, 0.29) is 21.9 Å². The predicted octanol–water partition coefficient (Wildman–Crippen LogP) is 2.39. The van der Waals surface area contributed by atoms with Crippen LogP contribution < -0.4 is 10.5 Å². The zero-order chi connectivity index (χ0) is 14.8. The van der Waals surface area contributed by atoms with Crippen LogP contribution >= 0.6 is 0 Å². The molecule has 2 N–H and O–H groups in total. The first-order valence-electron chi connectivity index (χ1n) is 5.84. The fraction of sp³-hybridized carbons (Fsp3) is 0.143. The third-order valence-electron chi connectivity index (χ3n) is 2.89. The SMILES string of the molecule is COc1ccccc1S(=O)(=O)Cc1c(N)cccc1F. The van der Waals surface area contributed by atoms with Crippen LogP contribution in [-0.4, -0.2) is 15.5 Å². The smallest absolute Gasteiger partial charge is 0.186 e. The van der Waals surface area contributed by atoms with Crippen LogP contribution in [0.4, 0.5) is 10.1 Å². The molecular formula is C14H14FNO3S. The molecule has 2 aromatic carbocycles. The number of hydrogen-bond acceptors (Lipinski definition) is 4. The molecule has 0 atom stereocenters. The number of anilines is 1. The predicted molar refractivity (Wildman–Crippen MR) is 74.7 cm³/mol. The van der Waals surface area contributed by atoms with E-state index in [0.29, 0.717) is 0 Å². The van der Waals surface area contributed by atoms with Gasteiger partial charge in [-0.25, -0.2) is 12.8 Å². The van der Waals surface area contributed by atoms with Crippen molar-refractivity contribution in [1.82, 2.24) is 0 Å². The van der Waals surface area contributed by atoms with E-state index >= 15 is 0 Å². The van der Waals surface area contributed by atoms with Crippen molar-refractivity contribution in [3.63, 3.8) is 0 Å². The number of hydrogen-bond donors (Lipinski definition) is 1. The molecule has 0 aliphatic heterocycles. The van der Waals surface area contributed by atoms with Crippen LogP contribution in [0.1, 0.15) is 5.56 Å². The Labute approximate surface area is 116 Å². The molecule has 0 unspecified atom stereocenters. The fourth-order valence-corrected chi connectivity index (χ4v) is 3.46. The van der Waals surface area contributed by atoms with Gasteiger partial charge in [-0.1, -0.05) is 18.2 Å². The van der Waals surface area contributed by atoms with Crippen molar-refractivity contribution in [2.24, 2.45) is 0 Å². The lowest BCUT2D eigenvalue weighted by atomic mass is 10.2. The molecule has 2 aromatic rings. The van der Waals surface area contributed by atoms with Crippen molar-refractivity contribution in [2.75, 3.05) is 12.8 Å². The van der Waals surface area contributed by atoms with Gasteiger partial charge in [0.25, 0.3) is 0 Å². The van der Waals surface area contributed by atoms with Crippen LogP contribution in [0, 0.1) is 5.82 Å². The highest BCUT2D eigenvalue weighted by atomic mass is 32.2. The minimum Gasteiger partial charge on any atom is -0.495 e. The molecule has 0 saturated carbocycles. The van der Waals surface area contributed by atoms with Crippen molar-refractivity contribution < 1.29 is 17.5 Å². The number of halogens is 1. The maximum atomic E-state index is 13.7. The Morgan fingerprint density at radius 1 is 1.15 bits per heavy atom. The van der Waals surface area contributed by atoms with Crippen LogP contribution in [0.5, 0.6) is 5.75 Å². The number of nitrogen functional groups attached to an aromatic ring is 1. The molecule has 0 heterocycles. The summed E-state index contributed by atoms with van der Waals surface area (Å²) < 4.78 is 43.5. The van der Waals surface area contributed by atoms with E-state index < -0.39 is 21.4 Å². The molecule has 20 heavy (non-hydrogen) atoms. The highest BCUT2D eigenvalue weighted by Gasteiger charge is 2.22. The second-order valence-electron chi connectivity index (χ2n) is 4.22. The monoisotopic (exact) mass is 295 g/mol. The fourth-order valence-electron chi connectivity index (χ4n) is 1.87. The van der Waals surface area contributed by atoms with E-state index in [9.17, 15) is 12.8 Å². The lowest BCUT2D eigenvalue weighted by molar-refractivity contribution is 0.402. The highest BCUT2D eigenvalue weighted by molar-refractivity contribution is 7.90. The maximum absolute atomic E-state index is 13.7. The summed E-state index contributed by atoms with van der Waals surface area (Å²) >= 11 is 0. The second-order valence-corrected chi connectivity index (χ2v) is 6.18. The average Bonchev–Trinajstić information content (AvgIpc) is 2.43. The Hall–Kier alpha value is -2.08. The molecule has 0 bridgehead atoms. The summed E-state index contributed by atoms with van der Waals surface area (Å²) in [5.74, 6) is -0.919. The van der Waals surface area contributed by atoms with E-state index in [1.54, 1.807) is 12.1 Å². The van der Waals surface area contributed by atoms with Crippen LogP contribution in [0.2, 0.25) is 0 Å². The quantitative estimate of drug-likeness (QED) is 0.879. The highest BCUT2D eigenvalue weighted by Crippen LogP contribution is 2.28. The van der Waals surface area contributed by atoms with Crippen molar-refractivity contribution in [1.29, 1.82) is 0 Å². The second kappa shape index (κ2) is 5.50. The number of para-hydroxylation sites is 1. The minimum atomic E-state index is -3.75. The Kier molecular flexibility index (Phi) is 3.94. The van der Waals surface area contributed by atoms with Gasteiger partial charge in [-0.05, 0) is 24.3 Å². The number of methoxy groups -OCH3 is 1. The van der Waals surface area contributed by atoms with Gasteiger partial charge in [-0.15, -0.1) is 0 Å². The molecule has 0 amide bonds. The van der Waals surface area contributed by atoms with Crippen molar-refractivity contribution in [3.8, 4) is 5.75 Å². The molecule has 0 aromatic heterocycles. The molecule has 0 spiro atoms. The topological polar surface area (TPSA) is 69.4 Å². The first-order chi connectivity index (χ1) is 9.45. The van der Waals surface area contributed by atoms with E-state index in [2.05, 4.69) is 0 Å². The standard InChI is InChI=1S/C14H14FNO3S/c1-19-13-7-2-3-8-14(13)20(17,18)9-10-11(15)5-4-6-12(10)16/h2-8H,9,16H2,1H3. The van der Waals surface area contributed by atoms with Gasteiger partial charge >= 0.3 is 0 Å². The van der Waals surface area contributed by atoms with Gasteiger partial charge in [0.05, 0.1) is 12.9 Å². The summed E-state index contributed by atoms with van der Waals surface area (Å²) in [7, 11) is -2.37. The van der Waals surface area contributed by atoms with Crippen molar-refractivity contribution in [3.05, 3.63) is 53.8 Å². The third kappa shape index (κ3) is 2.75. The molecule has 4 nitrogen and oxygen atoms in total. The number of rotatable bonds is 4. The molecule has 2 rings (SSSR count). The summed E-state index contributed by atoms with van der Waals surface area (Å²) in [6.07, 6.45) is 0. The third-order valence-corrected chi connectivity index (χ3v) is 4.57. The van der Waals surface area contributed by atoms with Gasteiger partial charge in [0.15, 0.2) is 9.84 Å². The van der Waals surface area contributed by atoms with Gasteiger partial charge in [-0.3, -0.25) is 0 Å². The minimum absolute atomic E-state index is 0.0187. The zero-order valence-corrected chi connectivity index (χ0v) is 11.7. The van der Waals surface area contributed by atoms with E-state index in [4.69, 9.17) is 10.5 Å². The first-order valence-corrected chi connectivity index (χ1v) is 7.49. The van der Waals surface area contributed by atoms with Crippen LogP contribution in [0.3, 0.4) is 0 Å². The summed E-state index contributed by atoms with van der Waals surface area (Å²) in [4.78, 5) is 0.0187. The number of nitrogens with two attached hydrogens (primary N) is 1. The lowest BCUT2D eigenvalue weighted by Crippen LogP contribution is -2.10. The summed E-state index contributed by atoms with van der Waals surface area (Å²) in [5, 5.41) is 0. The maximum Gasteiger partial charge on any atom is 0.186 e. The van der Waals surface area contributed by atoms with Gasteiger partial charge in [0.2, 0.25) is 0 Å². The van der Waals surface area contributed by atoms with Crippen molar-refractivity contribution >= 4 is 15.5 Å². The lowest BCUT2D eigenvalue weighted by Gasteiger charge is -2.11. The van der Waals surface area contributed by atoms with Gasteiger partial charge in [0, 0.05) is 11.3 Å². The van der Waals surface area contributed by atoms with Crippen LogP contribution in [-0.2, 0) is 15.6 Å². The Morgan fingerprint density at radius 3 is 2.50 bits per heavy atom. The van der Waals surface area contributed by atoms with Gasteiger partial charge in [-0.2, -0.15) is 0 Å². The van der Waals surface area contributed by atoms with Crippen LogP contribution in [0.25, 0.3) is 0 Å². The van der Waals surface area contributed by atoms with E-state index in [1.165, 1.54) is 37.4 Å². The molecule has 6 heteroatoms. The molecular weight excluding hydrogens is 281 g/mol. The number of benzene rings is 2. The molecule has 0 saturated heterocycles. The molecule has 106 valence electrons. The zero-order valence-electron chi connectivity index (χ0n) is 10.8. The molecule has 0 aliphatic rings. The van der Waals surface area contributed by atoms with Gasteiger partial charge < -0.3 is 10.5 Å². The largest absolute Gasteiger partial charge is 0.495 e. The summed E-state index contributed by atoms with van der Waals surface area (Å²) in [6, 6.07) is 10.3. The van der Waals surface area contributed by atoms with Gasteiger partial charge in [0.1, 0.15) is 16.5 Å². The number of sulfone groups is 1. The Bertz CT molecular complexity index is 709. The molecule has 0 fully saturated rings. The molecule has 0 aliphatic carbocycles. The number of ether oxygens (including phenoxy) is 1. The average molecular weight is 295 g/mol.